The van der Waals surface area contributed by atoms with Crippen molar-refractivity contribution in [2.75, 3.05) is 24.7 Å². The first-order valence-corrected chi connectivity index (χ1v) is 29.5. The Morgan fingerprint density at radius 1 is 0.688 bits per heavy atom. The number of carbonyl (C=O) groups excluding carboxylic acids is 8. The number of benzene rings is 4. The van der Waals surface area contributed by atoms with Crippen LogP contribution in [0.15, 0.2) is 120 Å². The average Bonchev–Trinajstić information content (AvgIpc) is 3.85. The zero-order chi connectivity index (χ0) is 57.7. The van der Waals surface area contributed by atoms with Gasteiger partial charge in [0.2, 0.25) is 41.4 Å². The van der Waals surface area contributed by atoms with Crippen LogP contribution in [0, 0.1) is 0 Å². The summed E-state index contributed by atoms with van der Waals surface area (Å²) in [5.74, 6) is -7.01. The van der Waals surface area contributed by atoms with Gasteiger partial charge in [0.25, 0.3) is 5.91 Å². The van der Waals surface area contributed by atoms with E-state index in [4.69, 9.17) is 5.73 Å². The minimum Gasteiger partial charge on any atom is -0.394 e. The molecule has 5 aromatic rings. The van der Waals surface area contributed by atoms with Gasteiger partial charge in [0.1, 0.15) is 42.3 Å². The largest absolute Gasteiger partial charge is 0.394 e. The van der Waals surface area contributed by atoms with Gasteiger partial charge < -0.3 is 68.6 Å². The van der Waals surface area contributed by atoms with E-state index in [-0.39, 0.29) is 49.3 Å². The third kappa shape index (κ3) is 18.6. The Balaban J connectivity index is 1.42. The smallest absolute Gasteiger partial charge is 0.251 e. The molecule has 6 rings (SSSR count). The molecule has 0 bridgehead atoms. The van der Waals surface area contributed by atoms with Gasteiger partial charge in [-0.2, -0.15) is 0 Å². The highest BCUT2D eigenvalue weighted by molar-refractivity contribution is 9.10. The van der Waals surface area contributed by atoms with Gasteiger partial charge in [-0.3, -0.25) is 38.4 Å². The monoisotopic (exact) mass is 1200 g/mol. The number of para-hydroxylation sites is 1. The zero-order valence-electron chi connectivity index (χ0n) is 44.2. The number of unbranched alkanes of at least 4 members (excludes halogenated alkanes) is 1. The molecular weight excluding hydrogens is 1130 g/mol. The zero-order valence-corrected chi connectivity index (χ0v) is 47.4. The summed E-state index contributed by atoms with van der Waals surface area (Å²) < 4.78 is 0.724. The lowest BCUT2D eigenvalue weighted by Gasteiger charge is -2.29. The lowest BCUT2D eigenvalue weighted by Crippen LogP contribution is -2.62. The number of amides is 8. The molecule has 14 N–H and O–H groups in total. The van der Waals surface area contributed by atoms with Gasteiger partial charge in [-0.15, -0.1) is 0 Å². The SMILES string of the molecule is C[C@@H](O)[C@@H]1NC(=O)[C@H](CCCCN)NC(=O)[C@@H](Cc2c[nH]c3ccccc23)NC(=O)[C@H](Cc2ccccc2)NC(=O)[C@@H](NC(=O)[C@@H](Cc2ccccc2)NC(=O)c2ccc([76Br])cc2)CSSC[C@@H](C(=O)N[C@H](CO)[C@@H](C)O)NC1=O. The Labute approximate surface area is 479 Å². The fourth-order valence-electron chi connectivity index (χ4n) is 8.66. The molecule has 1 aliphatic heterocycles. The van der Waals surface area contributed by atoms with E-state index < -0.39 is 114 Å². The van der Waals surface area contributed by atoms with Gasteiger partial charge in [-0.1, -0.05) is 116 Å². The van der Waals surface area contributed by atoms with Gasteiger partial charge >= 0.3 is 0 Å². The average molecular weight is 1200 g/mol. The molecule has 0 saturated carbocycles. The second-order valence-electron chi connectivity index (χ2n) is 19.4. The molecule has 21 nitrogen and oxygen atoms in total. The van der Waals surface area contributed by atoms with Crippen LogP contribution in [0.1, 0.15) is 60.2 Å². The Hall–Kier alpha value is -6.80. The fraction of sp³-hybridized carbons (Fsp3) is 0.393. The Morgan fingerprint density at radius 3 is 1.94 bits per heavy atom. The topological polar surface area (TPSA) is 335 Å². The van der Waals surface area contributed by atoms with Gasteiger partial charge in [-0.25, -0.2) is 0 Å². The van der Waals surface area contributed by atoms with Crippen molar-refractivity contribution in [3.8, 4) is 0 Å². The third-order valence-corrected chi connectivity index (χ3v) is 16.2. The van der Waals surface area contributed by atoms with Crippen molar-refractivity contribution < 1.29 is 53.7 Å². The molecule has 24 heteroatoms. The van der Waals surface area contributed by atoms with Crippen molar-refractivity contribution in [2.24, 2.45) is 5.73 Å². The summed E-state index contributed by atoms with van der Waals surface area (Å²) >= 11 is 3.37. The summed E-state index contributed by atoms with van der Waals surface area (Å²) in [4.78, 5) is 119. The molecule has 1 aliphatic rings. The minimum atomic E-state index is -1.70. The second-order valence-corrected chi connectivity index (χ2v) is 22.9. The lowest BCUT2D eigenvalue weighted by atomic mass is 10.0. The van der Waals surface area contributed by atoms with Crippen LogP contribution in [-0.2, 0) is 52.8 Å². The first-order valence-electron chi connectivity index (χ1n) is 26.2. The van der Waals surface area contributed by atoms with Crippen LogP contribution in [0.4, 0.5) is 0 Å². The molecule has 0 unspecified atom stereocenters. The molecule has 1 saturated heterocycles. The van der Waals surface area contributed by atoms with E-state index in [1.165, 1.54) is 13.8 Å². The number of nitrogens with one attached hydrogen (secondary N) is 9. The standard InChI is InChI=1S/C56H69BrN10O11S2/c1-32(69)45(29-68)64-55(77)47-31-80-79-30-46(65-52(74)42(25-34-13-5-3-6-14-34)61-49(71)36-20-22-38(57)23-21-36)54(76)62-43(26-35-15-7-4-8-16-35)51(73)63-44(27-37-28-59-40-18-10-9-17-39(37)40)53(75)60-41(19-11-12-24-58)50(72)67-48(33(2)70)56(78)66-47/h3-10,13-18,20-23,28,32-33,41-48,59,68-70H,11-12,19,24-27,29-31,58H2,1-2H3,(H,60,75)(H,61,71)(H,62,76)(H,63,73)(H,64,77)(H,65,74)(H,66,78)(H,67,72)/t32-,33-,41+,42-,43+,44-,45-,46+,47+,48+/m1/s1/i57-4. The number of H-pyrrole nitrogens is 1. The Morgan fingerprint density at radius 2 is 1.29 bits per heavy atom. The van der Waals surface area contributed by atoms with Crippen LogP contribution in [0.25, 0.3) is 10.9 Å². The van der Waals surface area contributed by atoms with Crippen LogP contribution < -0.4 is 48.3 Å². The van der Waals surface area contributed by atoms with Crippen LogP contribution >= 0.6 is 37.5 Å². The van der Waals surface area contributed by atoms with Gasteiger partial charge in [0.15, 0.2) is 0 Å². The van der Waals surface area contributed by atoms with Crippen molar-refractivity contribution in [1.82, 2.24) is 47.5 Å². The number of aromatic nitrogens is 1. The lowest BCUT2D eigenvalue weighted by molar-refractivity contribution is -0.136. The molecule has 2 heterocycles. The second kappa shape index (κ2) is 31.3. The van der Waals surface area contributed by atoms with Crippen molar-refractivity contribution in [2.45, 2.75) is 113 Å². The summed E-state index contributed by atoms with van der Waals surface area (Å²) in [5.41, 5.74) is 8.76. The number of rotatable bonds is 19. The maximum absolute atomic E-state index is 15.0. The van der Waals surface area contributed by atoms with Crippen molar-refractivity contribution >= 4 is 95.7 Å². The summed E-state index contributed by atoms with van der Waals surface area (Å²) in [5, 5.41) is 53.7. The first kappa shape index (κ1) is 62.4. The molecule has 10 atom stereocenters. The maximum atomic E-state index is 15.0. The fourth-order valence-corrected chi connectivity index (χ4v) is 11.3. The van der Waals surface area contributed by atoms with Gasteiger partial charge in [-0.05, 0) is 86.7 Å². The van der Waals surface area contributed by atoms with E-state index in [0.717, 1.165) is 37.0 Å². The van der Waals surface area contributed by atoms with E-state index in [9.17, 15) is 53.7 Å². The Bertz CT molecular complexity index is 2890. The molecule has 8 amide bonds. The van der Waals surface area contributed by atoms with E-state index in [1.807, 2.05) is 24.3 Å². The number of aliphatic hydroxyl groups excluding tert-OH is 3. The van der Waals surface area contributed by atoms with Crippen molar-refractivity contribution in [3.63, 3.8) is 0 Å². The predicted molar refractivity (Wildman–Crippen MR) is 309 cm³/mol. The summed E-state index contributed by atoms with van der Waals surface area (Å²) in [6.45, 7) is 2.17. The predicted octanol–water partition coefficient (Wildman–Crippen LogP) is 1.43. The highest BCUT2D eigenvalue weighted by Crippen LogP contribution is 2.25. The number of carbonyl (C=O) groups is 8. The van der Waals surface area contributed by atoms with Crippen molar-refractivity contribution in [3.05, 3.63) is 142 Å². The van der Waals surface area contributed by atoms with E-state index in [1.54, 1.807) is 91.1 Å². The van der Waals surface area contributed by atoms with E-state index in [2.05, 4.69) is 63.4 Å². The molecule has 4 aromatic carbocycles. The highest BCUT2D eigenvalue weighted by atomic mass is 75.9. The molecule has 0 spiro atoms. The van der Waals surface area contributed by atoms with Crippen molar-refractivity contribution in [1.29, 1.82) is 0 Å². The van der Waals surface area contributed by atoms with Gasteiger partial charge in [0.05, 0.1) is 24.9 Å². The molecule has 1 aromatic heterocycles. The minimum absolute atomic E-state index is 0.00363. The molecule has 0 aliphatic carbocycles. The molecule has 80 heavy (non-hydrogen) atoms. The number of hydrogen-bond donors (Lipinski definition) is 13. The number of aliphatic hydroxyl groups is 3. The number of halogens is 1. The van der Waals surface area contributed by atoms with Crippen LogP contribution in [0.2, 0.25) is 0 Å². The Kier molecular flexibility index (Phi) is 24.4. The molecule has 1 fully saturated rings. The quantitative estimate of drug-likeness (QED) is 0.0411. The molecular formula is C56H69BrN10O11S2. The number of hydrogen-bond acceptors (Lipinski definition) is 14. The molecule has 428 valence electrons. The van der Waals surface area contributed by atoms with E-state index in [0.29, 0.717) is 29.5 Å². The number of fused-ring (bicyclic) bond motifs is 1. The van der Waals surface area contributed by atoms with Crippen LogP contribution in [0.5, 0.6) is 0 Å². The maximum Gasteiger partial charge on any atom is 0.251 e. The highest BCUT2D eigenvalue weighted by Gasteiger charge is 2.37. The summed E-state index contributed by atoms with van der Waals surface area (Å²) in [6, 6.07) is 20.3. The third-order valence-electron chi connectivity index (χ3n) is 13.2. The van der Waals surface area contributed by atoms with Crippen LogP contribution in [0.3, 0.4) is 0 Å². The summed E-state index contributed by atoms with van der Waals surface area (Å²) in [6.07, 6.45) is -0.507. The van der Waals surface area contributed by atoms with Crippen LogP contribution in [-0.4, -0.2) is 153 Å². The van der Waals surface area contributed by atoms with Gasteiger partial charge in [0, 0.05) is 57.9 Å². The normalized spacial score (nSPS) is 21.5. The molecule has 0 radical (unpaired) electrons. The number of nitrogens with two attached hydrogens (primary N) is 1. The number of aromatic amines is 1. The van der Waals surface area contributed by atoms with E-state index >= 15 is 0 Å². The first-order chi connectivity index (χ1) is 38.4. The summed E-state index contributed by atoms with van der Waals surface area (Å²) in [7, 11) is 1.99.